The summed E-state index contributed by atoms with van der Waals surface area (Å²) in [7, 11) is 0. The predicted octanol–water partition coefficient (Wildman–Crippen LogP) is 3.72. The van der Waals surface area contributed by atoms with Gasteiger partial charge in [0.1, 0.15) is 5.75 Å². The van der Waals surface area contributed by atoms with Crippen LogP contribution in [-0.4, -0.2) is 30.1 Å². The van der Waals surface area contributed by atoms with Gasteiger partial charge in [0.05, 0.1) is 11.4 Å². The summed E-state index contributed by atoms with van der Waals surface area (Å²) in [5.74, 6) is 0.300. The zero-order chi connectivity index (χ0) is 18.1. The molecule has 0 fully saturated rings. The van der Waals surface area contributed by atoms with E-state index in [1.807, 2.05) is 24.3 Å². The van der Waals surface area contributed by atoms with E-state index in [1.165, 1.54) is 12.1 Å². The van der Waals surface area contributed by atoms with Crippen LogP contribution in [0.4, 0.5) is 0 Å². The first-order valence-electron chi connectivity index (χ1n) is 7.95. The van der Waals surface area contributed by atoms with Crippen molar-refractivity contribution in [3.8, 4) is 45.6 Å². The molecular formula is C20H15N3O3. The van der Waals surface area contributed by atoms with Crippen molar-refractivity contribution in [3.63, 3.8) is 0 Å². The van der Waals surface area contributed by atoms with Gasteiger partial charge in [0.2, 0.25) is 0 Å². The Morgan fingerprint density at radius 3 is 2.27 bits per heavy atom. The average Bonchev–Trinajstić information content (AvgIpc) is 3.10. The topological polar surface area (TPSA) is 91.4 Å². The fourth-order valence-electron chi connectivity index (χ4n) is 2.75. The SMILES string of the molecule is Oc1ccc(-c2cc(-c3ccccc3O)nn2-c2ccccn2)cc1O. The van der Waals surface area contributed by atoms with Crippen LogP contribution in [0.5, 0.6) is 17.2 Å². The summed E-state index contributed by atoms with van der Waals surface area (Å²) in [5.41, 5.74) is 2.47. The van der Waals surface area contributed by atoms with Gasteiger partial charge >= 0.3 is 0 Å². The molecule has 0 saturated carbocycles. The van der Waals surface area contributed by atoms with E-state index in [1.54, 1.807) is 41.2 Å². The first-order valence-corrected chi connectivity index (χ1v) is 7.95. The molecule has 128 valence electrons. The van der Waals surface area contributed by atoms with Crippen LogP contribution in [0.1, 0.15) is 0 Å². The van der Waals surface area contributed by atoms with Gasteiger partial charge < -0.3 is 15.3 Å². The number of pyridine rings is 1. The van der Waals surface area contributed by atoms with Gasteiger partial charge in [-0.25, -0.2) is 9.67 Å². The average molecular weight is 345 g/mol. The van der Waals surface area contributed by atoms with Crippen molar-refractivity contribution in [1.29, 1.82) is 0 Å². The third kappa shape index (κ3) is 2.73. The van der Waals surface area contributed by atoms with E-state index in [0.717, 1.165) is 0 Å². The highest BCUT2D eigenvalue weighted by Gasteiger charge is 2.16. The molecule has 2 aromatic carbocycles. The van der Waals surface area contributed by atoms with Gasteiger partial charge in [-0.1, -0.05) is 18.2 Å². The van der Waals surface area contributed by atoms with Crippen LogP contribution in [0, 0.1) is 0 Å². The third-order valence-electron chi connectivity index (χ3n) is 4.03. The van der Waals surface area contributed by atoms with Crippen LogP contribution in [0.25, 0.3) is 28.3 Å². The van der Waals surface area contributed by atoms with E-state index >= 15 is 0 Å². The Hall–Kier alpha value is -3.80. The number of nitrogens with zero attached hydrogens (tertiary/aromatic N) is 3. The van der Waals surface area contributed by atoms with Crippen LogP contribution in [0.15, 0.2) is 72.9 Å². The number of para-hydroxylation sites is 1. The number of hydrogen-bond donors (Lipinski definition) is 3. The molecule has 0 aliphatic rings. The van der Waals surface area contributed by atoms with E-state index in [2.05, 4.69) is 10.1 Å². The zero-order valence-corrected chi connectivity index (χ0v) is 13.6. The number of phenols is 3. The lowest BCUT2D eigenvalue weighted by Crippen LogP contribution is -2.01. The van der Waals surface area contributed by atoms with Gasteiger partial charge in [-0.2, -0.15) is 5.10 Å². The minimum absolute atomic E-state index is 0.123. The lowest BCUT2D eigenvalue weighted by atomic mass is 10.1. The van der Waals surface area contributed by atoms with Crippen LogP contribution in [0.2, 0.25) is 0 Å². The Labute approximate surface area is 149 Å². The van der Waals surface area contributed by atoms with Gasteiger partial charge in [0.15, 0.2) is 17.3 Å². The molecule has 0 saturated heterocycles. The standard InChI is InChI=1S/C20H15N3O3/c24-17-6-2-1-5-14(17)15-12-16(13-8-9-18(25)19(26)11-13)23(22-15)20-7-3-4-10-21-20/h1-12,24-26H. The largest absolute Gasteiger partial charge is 0.507 e. The van der Waals surface area contributed by atoms with Crippen molar-refractivity contribution < 1.29 is 15.3 Å². The normalized spacial score (nSPS) is 10.8. The molecule has 4 aromatic rings. The van der Waals surface area contributed by atoms with Gasteiger partial charge in [-0.15, -0.1) is 0 Å². The molecule has 4 rings (SSSR count). The lowest BCUT2D eigenvalue weighted by molar-refractivity contribution is 0.404. The van der Waals surface area contributed by atoms with Crippen LogP contribution >= 0.6 is 0 Å². The second-order valence-corrected chi connectivity index (χ2v) is 5.74. The smallest absolute Gasteiger partial charge is 0.158 e. The molecule has 0 aliphatic carbocycles. The predicted molar refractivity (Wildman–Crippen MR) is 97.2 cm³/mol. The Morgan fingerprint density at radius 1 is 0.731 bits per heavy atom. The van der Waals surface area contributed by atoms with Crippen molar-refractivity contribution in [2.75, 3.05) is 0 Å². The van der Waals surface area contributed by atoms with Crippen LogP contribution in [0.3, 0.4) is 0 Å². The highest BCUT2D eigenvalue weighted by atomic mass is 16.3. The number of rotatable bonds is 3. The van der Waals surface area contributed by atoms with Crippen LogP contribution < -0.4 is 0 Å². The summed E-state index contributed by atoms with van der Waals surface area (Å²) in [6.07, 6.45) is 1.66. The maximum absolute atomic E-state index is 10.1. The Morgan fingerprint density at radius 2 is 1.54 bits per heavy atom. The summed E-state index contributed by atoms with van der Waals surface area (Å²) < 4.78 is 1.63. The number of benzene rings is 2. The van der Waals surface area contributed by atoms with Crippen molar-refractivity contribution in [2.24, 2.45) is 0 Å². The maximum Gasteiger partial charge on any atom is 0.158 e. The number of hydrogen-bond acceptors (Lipinski definition) is 5. The molecule has 0 radical (unpaired) electrons. The van der Waals surface area contributed by atoms with E-state index in [-0.39, 0.29) is 17.2 Å². The number of phenolic OH excluding ortho intramolecular Hbond substituents is 3. The monoisotopic (exact) mass is 345 g/mol. The molecule has 0 unspecified atom stereocenters. The molecule has 0 amide bonds. The molecule has 0 bridgehead atoms. The zero-order valence-electron chi connectivity index (χ0n) is 13.6. The molecule has 6 nitrogen and oxygen atoms in total. The molecule has 26 heavy (non-hydrogen) atoms. The third-order valence-corrected chi connectivity index (χ3v) is 4.03. The molecule has 0 atom stereocenters. The van der Waals surface area contributed by atoms with Crippen LogP contribution in [-0.2, 0) is 0 Å². The summed E-state index contributed by atoms with van der Waals surface area (Å²) >= 11 is 0. The molecular weight excluding hydrogens is 330 g/mol. The summed E-state index contributed by atoms with van der Waals surface area (Å²) in [5, 5.41) is 34.2. The van der Waals surface area contributed by atoms with Crippen molar-refractivity contribution in [2.45, 2.75) is 0 Å². The Balaban J connectivity index is 1.94. The fraction of sp³-hybridized carbons (Fsp3) is 0. The highest BCUT2D eigenvalue weighted by Crippen LogP contribution is 2.35. The quantitative estimate of drug-likeness (QED) is 0.492. The van der Waals surface area contributed by atoms with Crippen molar-refractivity contribution in [1.82, 2.24) is 14.8 Å². The number of aromatic hydroxyl groups is 3. The molecule has 2 aromatic heterocycles. The van der Waals surface area contributed by atoms with Gasteiger partial charge in [0.25, 0.3) is 0 Å². The number of aromatic nitrogens is 3. The van der Waals surface area contributed by atoms with Gasteiger partial charge in [0, 0.05) is 17.3 Å². The molecule has 3 N–H and O–H groups in total. The molecule has 2 heterocycles. The van der Waals surface area contributed by atoms with Gasteiger partial charge in [-0.3, -0.25) is 0 Å². The first-order chi connectivity index (χ1) is 12.6. The highest BCUT2D eigenvalue weighted by molar-refractivity contribution is 5.74. The second kappa shape index (κ2) is 6.25. The Kier molecular flexibility index (Phi) is 3.78. The summed E-state index contributed by atoms with van der Waals surface area (Å²) in [6.45, 7) is 0. The lowest BCUT2D eigenvalue weighted by Gasteiger charge is -2.07. The molecule has 6 heteroatoms. The van der Waals surface area contributed by atoms with E-state index < -0.39 is 0 Å². The van der Waals surface area contributed by atoms with E-state index in [4.69, 9.17) is 0 Å². The van der Waals surface area contributed by atoms with E-state index in [9.17, 15) is 15.3 Å². The summed E-state index contributed by atoms with van der Waals surface area (Å²) in [4.78, 5) is 4.33. The fourth-order valence-corrected chi connectivity index (χ4v) is 2.75. The maximum atomic E-state index is 10.1. The molecule has 0 aliphatic heterocycles. The Bertz CT molecular complexity index is 1070. The van der Waals surface area contributed by atoms with Crippen molar-refractivity contribution >= 4 is 0 Å². The molecule has 0 spiro atoms. The van der Waals surface area contributed by atoms with Crippen molar-refractivity contribution in [3.05, 3.63) is 72.9 Å². The van der Waals surface area contributed by atoms with E-state index in [0.29, 0.717) is 28.3 Å². The van der Waals surface area contributed by atoms with Gasteiger partial charge in [-0.05, 0) is 48.5 Å². The summed E-state index contributed by atoms with van der Waals surface area (Å²) in [6, 6.07) is 18.8. The minimum Gasteiger partial charge on any atom is -0.507 e. The first kappa shape index (κ1) is 15.7. The minimum atomic E-state index is -0.222. The second-order valence-electron chi connectivity index (χ2n) is 5.74.